The number of likely N-dealkylation sites (tertiary alicyclic amines) is 1. The molecule has 1 aromatic rings. The lowest BCUT2D eigenvalue weighted by Gasteiger charge is -2.38. The van der Waals surface area contributed by atoms with Crippen LogP contribution in [-0.4, -0.2) is 43.2 Å². The first kappa shape index (κ1) is 21.1. The Morgan fingerprint density at radius 3 is 2.38 bits per heavy atom. The SMILES string of the molecule is Cl.NCCCOC1CCN(C(=O)C2(c3ccc(F)cc3)CCCC2)CC1. The summed E-state index contributed by atoms with van der Waals surface area (Å²) in [6, 6.07) is 6.53. The van der Waals surface area contributed by atoms with E-state index in [9.17, 15) is 9.18 Å². The van der Waals surface area contributed by atoms with Gasteiger partial charge in [0, 0.05) is 19.7 Å². The molecular weight excluding hydrogens is 355 g/mol. The third kappa shape index (κ3) is 4.56. The standard InChI is InChI=1S/C20H29FN2O2.ClH/c21-17-6-4-16(5-7-17)20(10-1-2-11-20)19(24)23-13-8-18(9-14-23)25-15-3-12-22;/h4-7,18H,1-3,8-15,22H2;1H. The monoisotopic (exact) mass is 384 g/mol. The fourth-order valence-electron chi connectivity index (χ4n) is 4.24. The van der Waals surface area contributed by atoms with Gasteiger partial charge in [-0.15, -0.1) is 12.4 Å². The van der Waals surface area contributed by atoms with Crippen molar-refractivity contribution in [2.45, 2.75) is 56.5 Å². The second-order valence-electron chi connectivity index (χ2n) is 7.30. The lowest BCUT2D eigenvalue weighted by atomic mass is 9.77. The maximum atomic E-state index is 13.3. The van der Waals surface area contributed by atoms with E-state index in [2.05, 4.69) is 0 Å². The number of amides is 1. The predicted octanol–water partition coefficient (Wildman–Crippen LogP) is 3.42. The minimum absolute atomic E-state index is 0. The van der Waals surface area contributed by atoms with Crippen LogP contribution in [0.2, 0.25) is 0 Å². The molecule has 1 heterocycles. The topological polar surface area (TPSA) is 55.6 Å². The molecule has 26 heavy (non-hydrogen) atoms. The molecule has 6 heteroatoms. The first-order valence-electron chi connectivity index (χ1n) is 9.53. The van der Waals surface area contributed by atoms with Crippen molar-refractivity contribution < 1.29 is 13.9 Å². The highest BCUT2D eigenvalue weighted by Crippen LogP contribution is 2.43. The average molecular weight is 385 g/mol. The van der Waals surface area contributed by atoms with Gasteiger partial charge in [0.25, 0.3) is 0 Å². The molecule has 0 bridgehead atoms. The molecule has 0 unspecified atom stereocenters. The van der Waals surface area contributed by atoms with Gasteiger partial charge in [0.1, 0.15) is 5.82 Å². The maximum absolute atomic E-state index is 13.3. The number of piperidine rings is 1. The van der Waals surface area contributed by atoms with Crippen molar-refractivity contribution in [3.63, 3.8) is 0 Å². The van der Waals surface area contributed by atoms with Crippen LogP contribution in [0.5, 0.6) is 0 Å². The van der Waals surface area contributed by atoms with E-state index in [0.717, 1.165) is 63.6 Å². The van der Waals surface area contributed by atoms with E-state index in [1.165, 1.54) is 12.1 Å². The lowest BCUT2D eigenvalue weighted by molar-refractivity contribution is -0.140. The zero-order valence-corrected chi connectivity index (χ0v) is 16.1. The summed E-state index contributed by atoms with van der Waals surface area (Å²) in [5, 5.41) is 0. The fraction of sp³-hybridized carbons (Fsp3) is 0.650. The van der Waals surface area contributed by atoms with Gasteiger partial charge in [0.2, 0.25) is 5.91 Å². The molecule has 1 aromatic carbocycles. The first-order valence-corrected chi connectivity index (χ1v) is 9.53. The summed E-state index contributed by atoms with van der Waals surface area (Å²) in [6.07, 6.45) is 6.73. The highest BCUT2D eigenvalue weighted by molar-refractivity contribution is 5.88. The van der Waals surface area contributed by atoms with Crippen molar-refractivity contribution in [3.05, 3.63) is 35.6 Å². The molecule has 1 saturated carbocycles. The van der Waals surface area contributed by atoms with Crippen LogP contribution < -0.4 is 5.73 Å². The minimum atomic E-state index is -0.457. The number of halogens is 2. The highest BCUT2D eigenvalue weighted by Gasteiger charge is 2.45. The van der Waals surface area contributed by atoms with E-state index < -0.39 is 5.41 Å². The van der Waals surface area contributed by atoms with E-state index in [1.54, 1.807) is 12.1 Å². The average Bonchev–Trinajstić information content (AvgIpc) is 3.13. The maximum Gasteiger partial charge on any atom is 0.233 e. The minimum Gasteiger partial charge on any atom is -0.378 e. The molecule has 1 aliphatic carbocycles. The van der Waals surface area contributed by atoms with E-state index >= 15 is 0 Å². The summed E-state index contributed by atoms with van der Waals surface area (Å²) in [7, 11) is 0. The fourth-order valence-corrected chi connectivity index (χ4v) is 4.24. The normalized spacial score (nSPS) is 20.0. The highest BCUT2D eigenvalue weighted by atomic mass is 35.5. The third-order valence-electron chi connectivity index (χ3n) is 5.69. The zero-order chi connectivity index (χ0) is 17.7. The zero-order valence-electron chi connectivity index (χ0n) is 15.3. The molecule has 1 amide bonds. The van der Waals surface area contributed by atoms with Gasteiger partial charge in [-0.25, -0.2) is 4.39 Å². The number of hydrogen-bond donors (Lipinski definition) is 1. The van der Waals surface area contributed by atoms with E-state index in [1.807, 2.05) is 4.90 Å². The van der Waals surface area contributed by atoms with E-state index in [4.69, 9.17) is 10.5 Å². The number of rotatable bonds is 6. The Balaban J connectivity index is 0.00000243. The predicted molar refractivity (Wildman–Crippen MR) is 103 cm³/mol. The Labute approximate surface area is 161 Å². The van der Waals surface area contributed by atoms with Crippen molar-refractivity contribution in [2.75, 3.05) is 26.2 Å². The summed E-state index contributed by atoms with van der Waals surface area (Å²) in [4.78, 5) is 15.3. The Kier molecular flexibility index (Phi) is 7.86. The number of carbonyl (C=O) groups is 1. The largest absolute Gasteiger partial charge is 0.378 e. The van der Waals surface area contributed by atoms with Gasteiger partial charge in [-0.2, -0.15) is 0 Å². The number of ether oxygens (including phenoxy) is 1. The third-order valence-corrected chi connectivity index (χ3v) is 5.69. The van der Waals surface area contributed by atoms with Gasteiger partial charge in [-0.3, -0.25) is 4.79 Å². The number of hydrogen-bond acceptors (Lipinski definition) is 3. The Bertz CT molecular complexity index is 568. The van der Waals surface area contributed by atoms with E-state index in [0.29, 0.717) is 13.2 Å². The first-order chi connectivity index (χ1) is 12.2. The second-order valence-corrected chi connectivity index (χ2v) is 7.30. The van der Waals surface area contributed by atoms with Gasteiger partial charge in [0.15, 0.2) is 0 Å². The lowest BCUT2D eigenvalue weighted by Crippen LogP contribution is -2.49. The van der Waals surface area contributed by atoms with Gasteiger partial charge < -0.3 is 15.4 Å². The van der Waals surface area contributed by atoms with Crippen molar-refractivity contribution in [1.29, 1.82) is 0 Å². The molecule has 2 N–H and O–H groups in total. The molecule has 4 nitrogen and oxygen atoms in total. The van der Waals surface area contributed by atoms with Crippen LogP contribution in [0.4, 0.5) is 4.39 Å². The molecule has 1 saturated heterocycles. The van der Waals surface area contributed by atoms with Crippen molar-refractivity contribution >= 4 is 18.3 Å². The summed E-state index contributed by atoms with van der Waals surface area (Å²) in [5.74, 6) is -0.0307. The van der Waals surface area contributed by atoms with E-state index in [-0.39, 0.29) is 30.2 Å². The molecular formula is C20H30ClFN2O2. The Morgan fingerprint density at radius 2 is 1.81 bits per heavy atom. The summed E-state index contributed by atoms with van der Waals surface area (Å²) in [6.45, 7) is 2.84. The number of nitrogens with two attached hydrogens (primary N) is 1. The number of nitrogens with zero attached hydrogens (tertiary/aromatic N) is 1. The second kappa shape index (κ2) is 9.67. The molecule has 0 radical (unpaired) electrons. The molecule has 2 fully saturated rings. The summed E-state index contributed by atoms with van der Waals surface area (Å²) in [5.41, 5.74) is 6.01. The van der Waals surface area contributed by atoms with Crippen molar-refractivity contribution in [3.8, 4) is 0 Å². The van der Waals surface area contributed by atoms with Crippen LogP contribution >= 0.6 is 12.4 Å². The van der Waals surface area contributed by atoms with Gasteiger partial charge in [-0.1, -0.05) is 25.0 Å². The number of carbonyl (C=O) groups excluding carboxylic acids is 1. The smallest absolute Gasteiger partial charge is 0.233 e. The van der Waals surface area contributed by atoms with Crippen molar-refractivity contribution in [2.24, 2.45) is 5.73 Å². The van der Waals surface area contributed by atoms with Crippen LogP contribution in [0.25, 0.3) is 0 Å². The van der Waals surface area contributed by atoms with Crippen LogP contribution in [0, 0.1) is 5.82 Å². The quantitative estimate of drug-likeness (QED) is 0.764. The molecule has 146 valence electrons. The number of benzene rings is 1. The van der Waals surface area contributed by atoms with Gasteiger partial charge in [0.05, 0.1) is 11.5 Å². The van der Waals surface area contributed by atoms with Crippen LogP contribution in [0.1, 0.15) is 50.5 Å². The van der Waals surface area contributed by atoms with Gasteiger partial charge >= 0.3 is 0 Å². The molecule has 3 rings (SSSR count). The van der Waals surface area contributed by atoms with Crippen LogP contribution in [0.3, 0.4) is 0 Å². The molecule has 2 aliphatic rings. The van der Waals surface area contributed by atoms with Crippen molar-refractivity contribution in [1.82, 2.24) is 4.90 Å². The molecule has 0 atom stereocenters. The molecule has 0 spiro atoms. The molecule has 0 aromatic heterocycles. The Hall–Kier alpha value is -1.17. The molecule has 1 aliphatic heterocycles. The van der Waals surface area contributed by atoms with Gasteiger partial charge in [-0.05, 0) is 56.3 Å². The summed E-state index contributed by atoms with van der Waals surface area (Å²) < 4.78 is 19.1. The summed E-state index contributed by atoms with van der Waals surface area (Å²) >= 11 is 0. The van der Waals surface area contributed by atoms with Crippen LogP contribution in [0.15, 0.2) is 24.3 Å². The Morgan fingerprint density at radius 1 is 1.19 bits per heavy atom. The van der Waals surface area contributed by atoms with Crippen LogP contribution in [-0.2, 0) is 14.9 Å².